The Hall–Kier alpha value is -3.11. The van der Waals surface area contributed by atoms with E-state index >= 15 is 0 Å². The molecule has 0 atom stereocenters. The summed E-state index contributed by atoms with van der Waals surface area (Å²) in [7, 11) is 0. The number of halogens is 3. The number of hydrogen-bond donors (Lipinski definition) is 0. The van der Waals surface area contributed by atoms with Gasteiger partial charge in [-0.15, -0.1) is 0 Å². The summed E-state index contributed by atoms with van der Waals surface area (Å²) < 4.78 is 38.6. The molecular weight excluding hydrogens is 393 g/mol. The highest BCUT2D eigenvalue weighted by atomic mass is 19.4. The van der Waals surface area contributed by atoms with Gasteiger partial charge >= 0.3 is 24.0 Å². The van der Waals surface area contributed by atoms with Crippen LogP contribution in [0.5, 0.6) is 0 Å². The second kappa shape index (κ2) is 7.72. The zero-order valence-corrected chi connectivity index (χ0v) is 15.6. The number of carbonyl (C=O) groups is 4. The van der Waals surface area contributed by atoms with Crippen molar-refractivity contribution in [3.63, 3.8) is 0 Å². The molecule has 0 aromatic heterocycles. The van der Waals surface area contributed by atoms with E-state index in [0.717, 1.165) is 17.0 Å². The molecule has 5 amide bonds. The molecule has 0 aliphatic carbocycles. The Morgan fingerprint density at radius 2 is 1.62 bits per heavy atom. The van der Waals surface area contributed by atoms with Crippen LogP contribution in [-0.2, 0) is 20.6 Å². The first-order valence-corrected chi connectivity index (χ1v) is 9.00. The fourth-order valence-corrected chi connectivity index (χ4v) is 3.30. The van der Waals surface area contributed by atoms with Crippen molar-refractivity contribution in [1.82, 2.24) is 14.7 Å². The first-order valence-electron chi connectivity index (χ1n) is 9.00. The van der Waals surface area contributed by atoms with Crippen molar-refractivity contribution in [3.05, 3.63) is 29.8 Å². The van der Waals surface area contributed by atoms with Crippen LogP contribution < -0.4 is 4.90 Å². The van der Waals surface area contributed by atoms with Gasteiger partial charge in [-0.1, -0.05) is 6.07 Å². The zero-order chi connectivity index (χ0) is 21.3. The lowest BCUT2D eigenvalue weighted by atomic mass is 10.1. The van der Waals surface area contributed by atoms with Crippen LogP contribution in [0.25, 0.3) is 0 Å². The average molecular weight is 412 g/mol. The Bertz CT molecular complexity index is 850. The summed E-state index contributed by atoms with van der Waals surface area (Å²) in [6.07, 6.45) is -4.44. The number of hydrogen-bond acceptors (Lipinski definition) is 5. The zero-order valence-electron chi connectivity index (χ0n) is 15.6. The minimum atomic E-state index is -4.44. The van der Waals surface area contributed by atoms with Gasteiger partial charge < -0.3 is 9.80 Å². The Labute approximate surface area is 164 Å². The van der Waals surface area contributed by atoms with Gasteiger partial charge in [0.1, 0.15) is 6.54 Å². The van der Waals surface area contributed by atoms with Crippen molar-refractivity contribution in [2.24, 2.45) is 0 Å². The van der Waals surface area contributed by atoms with Crippen LogP contribution >= 0.6 is 0 Å². The molecule has 11 heteroatoms. The monoisotopic (exact) mass is 412 g/mol. The second-order valence-corrected chi connectivity index (χ2v) is 6.64. The summed E-state index contributed by atoms with van der Waals surface area (Å²) in [5.74, 6) is -2.49. The number of piperazine rings is 1. The van der Waals surface area contributed by atoms with Crippen molar-refractivity contribution < 1.29 is 32.3 Å². The predicted molar refractivity (Wildman–Crippen MR) is 94.7 cm³/mol. The number of benzene rings is 1. The van der Waals surface area contributed by atoms with Crippen LogP contribution in [0.15, 0.2) is 24.3 Å². The predicted octanol–water partition coefficient (Wildman–Crippen LogP) is 1.16. The fraction of sp³-hybridized carbons (Fsp3) is 0.444. The lowest BCUT2D eigenvalue weighted by molar-refractivity contribution is -0.144. The molecule has 156 valence electrons. The lowest BCUT2D eigenvalue weighted by Crippen LogP contribution is -2.52. The minimum absolute atomic E-state index is 0.0315. The van der Waals surface area contributed by atoms with Crippen molar-refractivity contribution in [1.29, 1.82) is 0 Å². The maximum atomic E-state index is 12.9. The van der Waals surface area contributed by atoms with E-state index in [4.69, 9.17) is 0 Å². The summed E-state index contributed by atoms with van der Waals surface area (Å²) in [5, 5.41) is 0. The molecule has 1 aromatic carbocycles. The number of imide groups is 2. The molecule has 0 N–H and O–H groups in total. The van der Waals surface area contributed by atoms with E-state index in [-0.39, 0.29) is 19.6 Å². The van der Waals surface area contributed by atoms with E-state index in [2.05, 4.69) is 0 Å². The number of nitrogens with zero attached hydrogens (tertiary/aromatic N) is 4. The largest absolute Gasteiger partial charge is 0.416 e. The molecule has 0 spiro atoms. The van der Waals surface area contributed by atoms with Gasteiger partial charge in [0, 0.05) is 38.4 Å². The molecule has 1 aromatic rings. The third-order valence-electron chi connectivity index (χ3n) is 4.92. The van der Waals surface area contributed by atoms with Gasteiger partial charge in [-0.3, -0.25) is 19.3 Å². The van der Waals surface area contributed by atoms with E-state index < -0.39 is 42.0 Å². The second-order valence-electron chi connectivity index (χ2n) is 6.64. The molecule has 2 aliphatic heterocycles. The first-order chi connectivity index (χ1) is 13.6. The smallest absolute Gasteiger partial charge is 0.368 e. The standard InChI is InChI=1S/C18H19F3N4O4/c1-2-24-15(27)16(28)25(17(24)29)11-14(26)23-8-6-22(7-9-23)13-5-3-4-12(10-13)18(19,20)21/h3-5,10H,2,6-9,11H2,1H3. The molecule has 0 unspecified atom stereocenters. The van der Waals surface area contributed by atoms with Crippen LogP contribution in [0.3, 0.4) is 0 Å². The quantitative estimate of drug-likeness (QED) is 0.548. The molecule has 3 rings (SSSR count). The molecule has 8 nitrogen and oxygen atoms in total. The van der Waals surface area contributed by atoms with E-state index in [1.165, 1.54) is 11.0 Å². The third kappa shape index (κ3) is 4.03. The lowest BCUT2D eigenvalue weighted by Gasteiger charge is -2.36. The normalized spacial score (nSPS) is 18.1. The number of rotatable bonds is 4. The van der Waals surface area contributed by atoms with Gasteiger partial charge in [0.25, 0.3) is 0 Å². The Kier molecular flexibility index (Phi) is 5.49. The SMILES string of the molecule is CCN1C(=O)C(=O)N(CC(=O)N2CCN(c3cccc(C(F)(F)F)c3)CC2)C1=O. The van der Waals surface area contributed by atoms with Crippen LogP contribution in [0.2, 0.25) is 0 Å². The molecule has 2 aliphatic rings. The van der Waals surface area contributed by atoms with E-state index in [0.29, 0.717) is 23.7 Å². The number of likely N-dealkylation sites (N-methyl/N-ethyl adjacent to an activating group) is 1. The fourth-order valence-electron chi connectivity index (χ4n) is 3.30. The van der Waals surface area contributed by atoms with Crippen molar-refractivity contribution in [2.75, 3.05) is 44.2 Å². The summed E-state index contributed by atoms with van der Waals surface area (Å²) in [6, 6.07) is 4.13. The molecule has 0 saturated carbocycles. The van der Waals surface area contributed by atoms with Gasteiger partial charge in [-0.05, 0) is 25.1 Å². The number of anilines is 1. The van der Waals surface area contributed by atoms with Crippen LogP contribution in [0.1, 0.15) is 12.5 Å². The Morgan fingerprint density at radius 1 is 1.00 bits per heavy atom. The maximum absolute atomic E-state index is 12.9. The highest BCUT2D eigenvalue weighted by Gasteiger charge is 2.44. The Morgan fingerprint density at radius 3 is 2.17 bits per heavy atom. The Balaban J connectivity index is 1.60. The third-order valence-corrected chi connectivity index (χ3v) is 4.92. The summed E-state index contributed by atoms with van der Waals surface area (Å²) >= 11 is 0. The van der Waals surface area contributed by atoms with Crippen molar-refractivity contribution >= 4 is 29.4 Å². The molecular formula is C18H19F3N4O4. The van der Waals surface area contributed by atoms with Crippen LogP contribution in [-0.4, -0.2) is 77.7 Å². The average Bonchev–Trinajstić information content (AvgIpc) is 2.90. The topological polar surface area (TPSA) is 81.2 Å². The summed E-state index contributed by atoms with van der Waals surface area (Å²) in [5.41, 5.74) is -0.342. The van der Waals surface area contributed by atoms with Gasteiger partial charge in [-0.25, -0.2) is 9.69 Å². The van der Waals surface area contributed by atoms with Crippen LogP contribution in [0.4, 0.5) is 23.7 Å². The number of carbonyl (C=O) groups excluding carboxylic acids is 4. The highest BCUT2D eigenvalue weighted by molar-refractivity contribution is 6.45. The molecule has 2 saturated heterocycles. The minimum Gasteiger partial charge on any atom is -0.368 e. The summed E-state index contributed by atoms with van der Waals surface area (Å²) in [6.45, 7) is 2.08. The maximum Gasteiger partial charge on any atom is 0.416 e. The first kappa shape index (κ1) is 20.6. The molecule has 2 fully saturated rings. The molecule has 0 bridgehead atoms. The highest BCUT2D eigenvalue weighted by Crippen LogP contribution is 2.31. The molecule has 29 heavy (non-hydrogen) atoms. The van der Waals surface area contributed by atoms with Crippen LogP contribution in [0, 0.1) is 0 Å². The van der Waals surface area contributed by atoms with E-state index in [1.807, 2.05) is 0 Å². The van der Waals surface area contributed by atoms with Crippen molar-refractivity contribution in [3.8, 4) is 0 Å². The van der Waals surface area contributed by atoms with Gasteiger partial charge in [0.15, 0.2) is 0 Å². The van der Waals surface area contributed by atoms with Gasteiger partial charge in [0.2, 0.25) is 5.91 Å². The van der Waals surface area contributed by atoms with Gasteiger partial charge in [0.05, 0.1) is 5.56 Å². The van der Waals surface area contributed by atoms with Crippen molar-refractivity contribution in [2.45, 2.75) is 13.1 Å². The number of alkyl halides is 3. The summed E-state index contributed by atoms with van der Waals surface area (Å²) in [4.78, 5) is 52.7. The van der Waals surface area contributed by atoms with E-state index in [1.54, 1.807) is 17.9 Å². The molecule has 2 heterocycles. The van der Waals surface area contributed by atoms with E-state index in [9.17, 15) is 32.3 Å². The number of amides is 5. The van der Waals surface area contributed by atoms with Gasteiger partial charge in [-0.2, -0.15) is 13.2 Å². The number of urea groups is 1. The molecule has 0 radical (unpaired) electrons.